The average Bonchev–Trinajstić information content (AvgIpc) is 2.38. The van der Waals surface area contributed by atoms with Gasteiger partial charge in [-0.1, -0.05) is 13.3 Å². The van der Waals surface area contributed by atoms with E-state index in [0.717, 1.165) is 31.9 Å². The first-order valence-electron chi connectivity index (χ1n) is 5.98. The van der Waals surface area contributed by atoms with Crippen molar-refractivity contribution in [2.24, 2.45) is 0 Å². The number of nitrogens with zero attached hydrogens (tertiary/aromatic N) is 3. The molecule has 0 bridgehead atoms. The van der Waals surface area contributed by atoms with E-state index in [1.807, 2.05) is 18.5 Å². The number of rotatable bonds is 4. The van der Waals surface area contributed by atoms with Gasteiger partial charge in [0.1, 0.15) is 5.82 Å². The van der Waals surface area contributed by atoms with Gasteiger partial charge in [0.05, 0.1) is 6.04 Å². The predicted molar refractivity (Wildman–Crippen MR) is 63.6 cm³/mol. The molecule has 2 rings (SSSR count). The first-order chi connectivity index (χ1) is 7.92. The molecule has 1 fully saturated rings. The van der Waals surface area contributed by atoms with E-state index in [1.165, 1.54) is 6.42 Å². The van der Waals surface area contributed by atoms with Crippen LogP contribution in [0.25, 0.3) is 0 Å². The first kappa shape index (κ1) is 11.5. The Bertz CT molecular complexity index is 301. The molecule has 1 aromatic rings. The van der Waals surface area contributed by atoms with E-state index < -0.39 is 0 Å². The standard InChI is InChI=1S/C12H19N4/c1-2-3-8-16-9-7-13-10-11(16)12-14-5-4-6-15-12/h4-6,8,11,13H,2-3,7,9-10H2,1H3. The van der Waals surface area contributed by atoms with E-state index >= 15 is 0 Å². The van der Waals surface area contributed by atoms with E-state index in [0.29, 0.717) is 6.04 Å². The summed E-state index contributed by atoms with van der Waals surface area (Å²) >= 11 is 0. The molecular formula is C12H19N4. The van der Waals surface area contributed by atoms with Gasteiger partial charge in [0.2, 0.25) is 0 Å². The molecule has 1 atom stereocenters. The van der Waals surface area contributed by atoms with Crippen molar-refractivity contribution in [3.05, 3.63) is 30.8 Å². The summed E-state index contributed by atoms with van der Waals surface area (Å²) in [6, 6.07) is 2.15. The minimum absolute atomic E-state index is 0.293. The molecule has 87 valence electrons. The van der Waals surface area contributed by atoms with Crippen molar-refractivity contribution in [1.29, 1.82) is 0 Å². The summed E-state index contributed by atoms with van der Waals surface area (Å²) in [6.45, 7) is 7.52. The molecular weight excluding hydrogens is 200 g/mol. The highest BCUT2D eigenvalue weighted by Crippen LogP contribution is 2.20. The Balaban J connectivity index is 2.04. The van der Waals surface area contributed by atoms with Crippen molar-refractivity contribution >= 4 is 0 Å². The lowest BCUT2D eigenvalue weighted by atomic mass is 10.1. The van der Waals surface area contributed by atoms with Crippen LogP contribution in [-0.2, 0) is 0 Å². The zero-order valence-electron chi connectivity index (χ0n) is 9.76. The van der Waals surface area contributed by atoms with Gasteiger partial charge in [-0.25, -0.2) is 9.97 Å². The van der Waals surface area contributed by atoms with E-state index in [9.17, 15) is 0 Å². The van der Waals surface area contributed by atoms with Crippen molar-refractivity contribution in [3.8, 4) is 0 Å². The zero-order valence-corrected chi connectivity index (χ0v) is 9.76. The fourth-order valence-corrected chi connectivity index (χ4v) is 1.96. The Morgan fingerprint density at radius 3 is 3.06 bits per heavy atom. The Hall–Kier alpha value is -1.00. The van der Waals surface area contributed by atoms with Crippen LogP contribution in [0.1, 0.15) is 31.6 Å². The number of hydrogen-bond donors (Lipinski definition) is 1. The summed E-state index contributed by atoms with van der Waals surface area (Å²) in [5, 5.41) is 3.40. The quantitative estimate of drug-likeness (QED) is 0.830. The molecule has 1 radical (unpaired) electrons. The highest BCUT2D eigenvalue weighted by atomic mass is 15.2. The van der Waals surface area contributed by atoms with Gasteiger partial charge in [-0.15, -0.1) is 0 Å². The molecule has 2 heterocycles. The van der Waals surface area contributed by atoms with E-state index in [2.05, 4.69) is 33.7 Å². The lowest BCUT2D eigenvalue weighted by Crippen LogP contribution is -2.45. The molecule has 1 aromatic heterocycles. The van der Waals surface area contributed by atoms with E-state index in [4.69, 9.17) is 0 Å². The molecule has 0 spiro atoms. The minimum Gasteiger partial charge on any atom is -0.313 e. The van der Waals surface area contributed by atoms with Crippen LogP contribution in [0.15, 0.2) is 18.5 Å². The molecule has 1 unspecified atom stereocenters. The third kappa shape index (κ3) is 2.77. The van der Waals surface area contributed by atoms with Crippen LogP contribution in [0.5, 0.6) is 0 Å². The van der Waals surface area contributed by atoms with Crippen LogP contribution in [0, 0.1) is 6.54 Å². The minimum atomic E-state index is 0.293. The second-order valence-corrected chi connectivity index (χ2v) is 4.04. The van der Waals surface area contributed by atoms with Gasteiger partial charge >= 0.3 is 0 Å². The molecule has 0 aromatic carbocycles. The summed E-state index contributed by atoms with van der Waals surface area (Å²) < 4.78 is 0. The largest absolute Gasteiger partial charge is 0.313 e. The fraction of sp³-hybridized carbons (Fsp3) is 0.583. The van der Waals surface area contributed by atoms with Gasteiger partial charge < -0.3 is 5.32 Å². The topological polar surface area (TPSA) is 41.0 Å². The lowest BCUT2D eigenvalue weighted by molar-refractivity contribution is 0.190. The molecule has 1 saturated heterocycles. The van der Waals surface area contributed by atoms with Gasteiger partial charge in [-0.3, -0.25) is 4.90 Å². The van der Waals surface area contributed by atoms with Crippen LogP contribution in [0.2, 0.25) is 0 Å². The predicted octanol–water partition coefficient (Wildman–Crippen LogP) is 1.38. The van der Waals surface area contributed by atoms with Crippen molar-refractivity contribution in [2.45, 2.75) is 25.8 Å². The molecule has 4 heteroatoms. The van der Waals surface area contributed by atoms with Gasteiger partial charge in [-0.05, 0) is 12.5 Å². The van der Waals surface area contributed by atoms with Crippen molar-refractivity contribution < 1.29 is 0 Å². The van der Waals surface area contributed by atoms with E-state index in [1.54, 1.807) is 0 Å². The van der Waals surface area contributed by atoms with Crippen LogP contribution in [0.4, 0.5) is 0 Å². The summed E-state index contributed by atoms with van der Waals surface area (Å²) in [5.41, 5.74) is 0. The number of unbranched alkanes of at least 4 members (excludes halogenated alkanes) is 1. The Labute approximate surface area is 97.1 Å². The maximum atomic E-state index is 4.35. The zero-order chi connectivity index (χ0) is 11.2. The fourth-order valence-electron chi connectivity index (χ4n) is 1.96. The van der Waals surface area contributed by atoms with Crippen LogP contribution in [-0.4, -0.2) is 34.5 Å². The molecule has 0 saturated carbocycles. The number of piperazine rings is 1. The lowest BCUT2D eigenvalue weighted by Gasteiger charge is -2.34. The third-order valence-electron chi connectivity index (χ3n) is 2.82. The summed E-state index contributed by atoms with van der Waals surface area (Å²) in [5.74, 6) is 0.919. The summed E-state index contributed by atoms with van der Waals surface area (Å²) in [7, 11) is 0. The molecule has 0 aliphatic carbocycles. The normalized spacial score (nSPS) is 22.2. The van der Waals surface area contributed by atoms with Gasteiger partial charge in [0.15, 0.2) is 0 Å². The highest BCUT2D eigenvalue weighted by molar-refractivity contribution is 5.00. The van der Waals surface area contributed by atoms with Crippen LogP contribution in [0.3, 0.4) is 0 Å². The highest BCUT2D eigenvalue weighted by Gasteiger charge is 2.25. The molecule has 1 N–H and O–H groups in total. The Morgan fingerprint density at radius 1 is 1.50 bits per heavy atom. The van der Waals surface area contributed by atoms with Gasteiger partial charge in [0.25, 0.3) is 0 Å². The molecule has 4 nitrogen and oxygen atoms in total. The first-order valence-corrected chi connectivity index (χ1v) is 5.98. The van der Waals surface area contributed by atoms with E-state index in [-0.39, 0.29) is 0 Å². The third-order valence-corrected chi connectivity index (χ3v) is 2.82. The number of aromatic nitrogens is 2. The smallest absolute Gasteiger partial charge is 0.146 e. The molecule has 1 aliphatic heterocycles. The monoisotopic (exact) mass is 219 g/mol. The molecule has 1 aliphatic rings. The van der Waals surface area contributed by atoms with Gasteiger partial charge in [-0.2, -0.15) is 0 Å². The van der Waals surface area contributed by atoms with Gasteiger partial charge in [0, 0.05) is 38.6 Å². The maximum Gasteiger partial charge on any atom is 0.146 e. The Morgan fingerprint density at radius 2 is 2.31 bits per heavy atom. The summed E-state index contributed by atoms with van der Waals surface area (Å²) in [6.07, 6.45) is 5.94. The molecule has 0 amide bonds. The number of nitrogens with one attached hydrogen (secondary N) is 1. The summed E-state index contributed by atoms with van der Waals surface area (Å²) in [4.78, 5) is 11.1. The second-order valence-electron chi connectivity index (χ2n) is 4.04. The molecule has 16 heavy (non-hydrogen) atoms. The number of hydrogen-bond acceptors (Lipinski definition) is 4. The van der Waals surface area contributed by atoms with Crippen LogP contribution >= 0.6 is 0 Å². The van der Waals surface area contributed by atoms with Crippen molar-refractivity contribution in [1.82, 2.24) is 20.2 Å². The van der Waals surface area contributed by atoms with Crippen LogP contribution < -0.4 is 5.32 Å². The van der Waals surface area contributed by atoms with Crippen molar-refractivity contribution in [2.75, 3.05) is 19.6 Å². The Kier molecular flexibility index (Phi) is 4.25. The SMILES string of the molecule is CCC[CH]N1CCNCC1c1ncccn1. The second kappa shape index (κ2) is 5.92. The van der Waals surface area contributed by atoms with Crippen molar-refractivity contribution in [3.63, 3.8) is 0 Å². The average molecular weight is 219 g/mol. The maximum absolute atomic E-state index is 4.35.